The monoisotopic (exact) mass is 518 g/mol. The summed E-state index contributed by atoms with van der Waals surface area (Å²) < 4.78 is 22.5. The molecule has 1 atom stereocenters. The summed E-state index contributed by atoms with van der Waals surface area (Å²) in [4.78, 5) is 22.7. The summed E-state index contributed by atoms with van der Waals surface area (Å²) in [7, 11) is 3.28. The molecule has 1 fully saturated rings. The maximum Gasteiger partial charge on any atom is 0.273 e. The Morgan fingerprint density at radius 2 is 2.03 bits per heavy atom. The molecule has 2 N–H and O–H groups in total. The third-order valence-corrected chi connectivity index (χ3v) is 6.91. The van der Waals surface area contributed by atoms with Crippen molar-refractivity contribution < 1.29 is 23.4 Å². The minimum absolute atomic E-state index is 0.0724. The predicted octanol–water partition coefficient (Wildman–Crippen LogP) is 4.33. The van der Waals surface area contributed by atoms with E-state index in [2.05, 4.69) is 44.6 Å². The van der Waals surface area contributed by atoms with Gasteiger partial charge in [0.15, 0.2) is 17.2 Å². The first-order valence-corrected chi connectivity index (χ1v) is 13.0. The third kappa shape index (κ3) is 6.00. The lowest BCUT2D eigenvalue weighted by atomic mass is 10.1. The number of benzene rings is 2. The van der Waals surface area contributed by atoms with E-state index in [-0.39, 0.29) is 17.7 Å². The van der Waals surface area contributed by atoms with Gasteiger partial charge in [0.05, 0.1) is 26.9 Å². The van der Waals surface area contributed by atoms with Crippen LogP contribution in [-0.4, -0.2) is 60.8 Å². The second kappa shape index (κ2) is 12.1. The van der Waals surface area contributed by atoms with Gasteiger partial charge in [-0.2, -0.15) is 0 Å². The van der Waals surface area contributed by atoms with Crippen molar-refractivity contribution in [2.45, 2.75) is 38.5 Å². The van der Waals surface area contributed by atoms with Gasteiger partial charge in [-0.1, -0.05) is 30.3 Å². The van der Waals surface area contributed by atoms with Gasteiger partial charge in [0.2, 0.25) is 5.89 Å². The molecule has 1 aliphatic rings. The molecule has 0 radical (unpaired) electrons. The van der Waals surface area contributed by atoms with Crippen LogP contribution in [0.2, 0.25) is 0 Å². The molecule has 4 aromatic rings. The van der Waals surface area contributed by atoms with Crippen molar-refractivity contribution in [2.75, 3.05) is 33.9 Å². The van der Waals surface area contributed by atoms with Crippen molar-refractivity contribution in [3.63, 3.8) is 0 Å². The number of ether oxygens (including phenoxy) is 3. The first kappa shape index (κ1) is 25.8. The van der Waals surface area contributed by atoms with Gasteiger partial charge in [0, 0.05) is 48.9 Å². The van der Waals surface area contributed by atoms with E-state index in [4.69, 9.17) is 18.6 Å². The number of carbonyl (C=O) groups excluding carboxylic acids is 1. The lowest BCUT2D eigenvalue weighted by Crippen LogP contribution is -2.32. The molecule has 2 aromatic heterocycles. The molecular formula is C29H34N4O5. The molecule has 2 aromatic carbocycles. The van der Waals surface area contributed by atoms with Crippen LogP contribution in [0.5, 0.6) is 11.5 Å². The van der Waals surface area contributed by atoms with E-state index in [1.54, 1.807) is 14.2 Å². The normalized spacial score (nSPS) is 15.3. The van der Waals surface area contributed by atoms with E-state index in [9.17, 15) is 4.79 Å². The van der Waals surface area contributed by atoms with Crippen LogP contribution >= 0.6 is 0 Å². The number of H-pyrrole nitrogens is 1. The molecule has 38 heavy (non-hydrogen) atoms. The van der Waals surface area contributed by atoms with Crippen LogP contribution in [-0.2, 0) is 24.2 Å². The van der Waals surface area contributed by atoms with Crippen LogP contribution in [0.25, 0.3) is 10.9 Å². The van der Waals surface area contributed by atoms with E-state index in [0.717, 1.165) is 43.5 Å². The average molecular weight is 519 g/mol. The molecule has 0 spiro atoms. The Bertz CT molecular complexity index is 1360. The number of carbonyl (C=O) groups is 1. The van der Waals surface area contributed by atoms with Gasteiger partial charge in [-0.25, -0.2) is 4.98 Å². The summed E-state index contributed by atoms with van der Waals surface area (Å²) in [6.07, 6.45) is 6.38. The van der Waals surface area contributed by atoms with Crippen LogP contribution in [0.1, 0.15) is 40.3 Å². The fraction of sp³-hybridized carbons (Fsp3) is 0.379. The molecule has 0 aliphatic carbocycles. The largest absolute Gasteiger partial charge is 0.493 e. The first-order chi connectivity index (χ1) is 18.6. The summed E-state index contributed by atoms with van der Waals surface area (Å²) in [6.45, 7) is 2.99. The average Bonchev–Trinajstić information content (AvgIpc) is 3.72. The molecule has 9 heteroatoms. The number of nitrogens with one attached hydrogen (secondary N) is 2. The van der Waals surface area contributed by atoms with Gasteiger partial charge in [0.25, 0.3) is 5.91 Å². The molecule has 0 bridgehead atoms. The molecule has 1 aliphatic heterocycles. The van der Waals surface area contributed by atoms with Crippen molar-refractivity contribution in [1.29, 1.82) is 0 Å². The minimum atomic E-state index is -0.254. The number of para-hydroxylation sites is 2. The second-order valence-electron chi connectivity index (χ2n) is 9.44. The number of nitrogens with zero attached hydrogens (tertiary/aromatic N) is 2. The lowest BCUT2D eigenvalue weighted by Gasteiger charge is -2.22. The summed E-state index contributed by atoms with van der Waals surface area (Å²) in [5.41, 5.74) is 3.63. The Kier molecular flexibility index (Phi) is 8.25. The van der Waals surface area contributed by atoms with Crippen LogP contribution < -0.4 is 14.8 Å². The van der Waals surface area contributed by atoms with Gasteiger partial charge in [0.1, 0.15) is 6.26 Å². The number of oxazole rings is 1. The maximum atomic E-state index is 12.6. The van der Waals surface area contributed by atoms with Crippen molar-refractivity contribution in [2.24, 2.45) is 0 Å². The Labute approximate surface area is 222 Å². The van der Waals surface area contributed by atoms with Crippen molar-refractivity contribution in [3.8, 4) is 11.5 Å². The summed E-state index contributed by atoms with van der Waals surface area (Å²) in [6, 6.07) is 14.2. The standard InChI is InChI=1S/C29H34N4O5/c1-35-26-11-5-7-21(28(26)36-2)17-33(13-12-20-15-30-24-10-4-3-9-23(20)24)18-27-32-25(19-38-27)29(34)31-16-22-8-6-14-37-22/h3-5,7,9-11,15,19,22,30H,6,8,12-14,16-18H2,1-2H3,(H,31,34)/t22-/m1/s1. The highest BCUT2D eigenvalue weighted by Crippen LogP contribution is 2.32. The number of aromatic nitrogens is 2. The molecule has 5 rings (SSSR count). The molecule has 9 nitrogen and oxygen atoms in total. The Morgan fingerprint density at radius 1 is 1.13 bits per heavy atom. The van der Waals surface area contributed by atoms with Crippen LogP contribution in [0.15, 0.2) is 59.3 Å². The Balaban J connectivity index is 1.31. The molecule has 0 unspecified atom stereocenters. The predicted molar refractivity (Wildman–Crippen MR) is 143 cm³/mol. The van der Waals surface area contributed by atoms with E-state index in [0.29, 0.717) is 37.0 Å². The van der Waals surface area contributed by atoms with Gasteiger partial charge < -0.3 is 28.9 Å². The van der Waals surface area contributed by atoms with Gasteiger partial charge >= 0.3 is 0 Å². The van der Waals surface area contributed by atoms with Crippen LogP contribution in [0.4, 0.5) is 0 Å². The number of fused-ring (bicyclic) bond motifs is 1. The van der Waals surface area contributed by atoms with Crippen molar-refractivity contribution in [3.05, 3.63) is 77.6 Å². The summed E-state index contributed by atoms with van der Waals surface area (Å²) in [5, 5.41) is 4.12. The molecule has 1 amide bonds. The van der Waals surface area contributed by atoms with Crippen LogP contribution in [0.3, 0.4) is 0 Å². The number of aromatic amines is 1. The number of methoxy groups -OCH3 is 2. The highest BCUT2D eigenvalue weighted by Gasteiger charge is 2.20. The highest BCUT2D eigenvalue weighted by atomic mass is 16.5. The number of hydrogen-bond donors (Lipinski definition) is 2. The smallest absolute Gasteiger partial charge is 0.273 e. The SMILES string of the molecule is COc1cccc(CN(CCc2c[nH]c3ccccc23)Cc2nc(C(=O)NC[C@H]3CCCO3)co2)c1OC. The number of rotatable bonds is 12. The minimum Gasteiger partial charge on any atom is -0.493 e. The Morgan fingerprint density at radius 3 is 2.84 bits per heavy atom. The number of amides is 1. The van der Waals surface area contributed by atoms with Gasteiger partial charge in [-0.15, -0.1) is 0 Å². The number of hydrogen-bond acceptors (Lipinski definition) is 7. The quantitative estimate of drug-likeness (QED) is 0.288. The molecule has 1 saturated heterocycles. The van der Waals surface area contributed by atoms with E-state index < -0.39 is 0 Å². The lowest BCUT2D eigenvalue weighted by molar-refractivity contribution is 0.0853. The van der Waals surface area contributed by atoms with E-state index in [1.165, 1.54) is 17.2 Å². The fourth-order valence-corrected chi connectivity index (χ4v) is 4.93. The van der Waals surface area contributed by atoms with Crippen molar-refractivity contribution in [1.82, 2.24) is 20.2 Å². The Hall–Kier alpha value is -3.82. The molecule has 3 heterocycles. The molecule has 200 valence electrons. The topological polar surface area (TPSA) is 102 Å². The second-order valence-corrected chi connectivity index (χ2v) is 9.44. The highest BCUT2D eigenvalue weighted by molar-refractivity contribution is 5.91. The summed E-state index contributed by atoms with van der Waals surface area (Å²) in [5.74, 6) is 1.61. The zero-order valence-corrected chi connectivity index (χ0v) is 21.9. The molecular weight excluding hydrogens is 484 g/mol. The van der Waals surface area contributed by atoms with Crippen LogP contribution in [0, 0.1) is 0 Å². The van der Waals surface area contributed by atoms with E-state index in [1.807, 2.05) is 24.3 Å². The van der Waals surface area contributed by atoms with Crippen molar-refractivity contribution >= 4 is 16.8 Å². The third-order valence-electron chi connectivity index (χ3n) is 6.91. The molecule has 0 saturated carbocycles. The maximum absolute atomic E-state index is 12.6. The fourth-order valence-electron chi connectivity index (χ4n) is 4.93. The van der Waals surface area contributed by atoms with E-state index >= 15 is 0 Å². The van der Waals surface area contributed by atoms with Gasteiger partial charge in [-0.05, 0) is 37.0 Å². The van der Waals surface area contributed by atoms with Gasteiger partial charge in [-0.3, -0.25) is 9.69 Å². The summed E-state index contributed by atoms with van der Waals surface area (Å²) >= 11 is 0. The zero-order valence-electron chi connectivity index (χ0n) is 21.9. The first-order valence-electron chi connectivity index (χ1n) is 13.0. The zero-order chi connectivity index (χ0) is 26.3.